The topological polar surface area (TPSA) is 71.3 Å². The summed E-state index contributed by atoms with van der Waals surface area (Å²) in [6.45, 7) is 1.92. The summed E-state index contributed by atoms with van der Waals surface area (Å²) in [4.78, 5) is 25.4. The van der Waals surface area contributed by atoms with Gasteiger partial charge in [-0.2, -0.15) is 0 Å². The molecule has 27 heavy (non-hydrogen) atoms. The van der Waals surface area contributed by atoms with Gasteiger partial charge in [-0.3, -0.25) is 4.79 Å². The lowest BCUT2D eigenvalue weighted by molar-refractivity contribution is 0.102. The van der Waals surface area contributed by atoms with Gasteiger partial charge in [0, 0.05) is 17.0 Å². The molecule has 0 aliphatic heterocycles. The zero-order valence-corrected chi connectivity index (χ0v) is 15.2. The molecule has 1 aliphatic rings. The van der Waals surface area contributed by atoms with E-state index in [1.54, 1.807) is 18.2 Å². The van der Waals surface area contributed by atoms with Crippen LogP contribution in [0.15, 0.2) is 57.7 Å². The van der Waals surface area contributed by atoms with Gasteiger partial charge >= 0.3 is 5.63 Å². The van der Waals surface area contributed by atoms with Crippen molar-refractivity contribution in [2.75, 3.05) is 10.6 Å². The molecule has 0 radical (unpaired) electrons. The first-order valence-electron chi connectivity index (χ1n) is 9.32. The maximum atomic E-state index is 12.7. The summed E-state index contributed by atoms with van der Waals surface area (Å²) in [5.41, 5.74) is 2.28. The van der Waals surface area contributed by atoms with Crippen LogP contribution in [0.1, 0.15) is 41.6 Å². The normalized spacial score (nSPS) is 14.4. The molecule has 1 saturated carbocycles. The van der Waals surface area contributed by atoms with Gasteiger partial charge in [-0.05, 0) is 44.0 Å². The molecule has 1 fully saturated rings. The predicted molar refractivity (Wildman–Crippen MR) is 107 cm³/mol. The van der Waals surface area contributed by atoms with Crippen LogP contribution in [-0.2, 0) is 0 Å². The molecule has 1 aromatic heterocycles. The first kappa shape index (κ1) is 17.3. The van der Waals surface area contributed by atoms with Crippen molar-refractivity contribution >= 4 is 28.3 Å². The third-order valence-electron chi connectivity index (χ3n) is 5.04. The lowest BCUT2D eigenvalue weighted by Crippen LogP contribution is -2.23. The van der Waals surface area contributed by atoms with E-state index in [0.717, 1.165) is 23.8 Å². The Morgan fingerprint density at radius 3 is 2.59 bits per heavy atom. The highest BCUT2D eigenvalue weighted by Gasteiger charge is 2.22. The van der Waals surface area contributed by atoms with Gasteiger partial charge in [0.05, 0.1) is 5.69 Å². The van der Waals surface area contributed by atoms with E-state index in [4.69, 9.17) is 4.42 Å². The zero-order chi connectivity index (χ0) is 18.8. The van der Waals surface area contributed by atoms with Crippen LogP contribution in [0.25, 0.3) is 11.0 Å². The Labute approximate surface area is 157 Å². The number of amides is 1. The second-order valence-corrected chi connectivity index (χ2v) is 7.09. The molecule has 138 valence electrons. The van der Waals surface area contributed by atoms with Crippen LogP contribution in [0.4, 0.5) is 11.4 Å². The number of aryl methyl sites for hydroxylation is 1. The summed E-state index contributed by atoms with van der Waals surface area (Å²) in [7, 11) is 0. The number of para-hydroxylation sites is 1. The molecule has 0 saturated heterocycles. The van der Waals surface area contributed by atoms with E-state index >= 15 is 0 Å². The molecule has 3 aromatic rings. The van der Waals surface area contributed by atoms with Crippen molar-refractivity contribution < 1.29 is 9.21 Å². The average molecular weight is 362 g/mol. The molecule has 5 nitrogen and oxygen atoms in total. The van der Waals surface area contributed by atoms with Crippen LogP contribution in [0.5, 0.6) is 0 Å². The highest BCUT2D eigenvalue weighted by molar-refractivity contribution is 6.08. The van der Waals surface area contributed by atoms with Crippen molar-refractivity contribution in [3.63, 3.8) is 0 Å². The fourth-order valence-corrected chi connectivity index (χ4v) is 3.66. The molecular weight excluding hydrogens is 340 g/mol. The molecule has 2 N–H and O–H groups in total. The van der Waals surface area contributed by atoms with Gasteiger partial charge in [0.15, 0.2) is 5.69 Å². The Kier molecular flexibility index (Phi) is 4.67. The van der Waals surface area contributed by atoms with Gasteiger partial charge in [0.25, 0.3) is 5.91 Å². The van der Waals surface area contributed by atoms with Gasteiger partial charge in [0.1, 0.15) is 5.58 Å². The summed E-state index contributed by atoms with van der Waals surface area (Å²) in [6, 6.07) is 15.0. The van der Waals surface area contributed by atoms with Crippen LogP contribution >= 0.6 is 0 Å². The number of anilines is 2. The number of hydrogen-bond donors (Lipinski definition) is 2. The van der Waals surface area contributed by atoms with Crippen molar-refractivity contribution in [1.82, 2.24) is 0 Å². The van der Waals surface area contributed by atoms with E-state index in [1.807, 2.05) is 37.3 Å². The smallest absolute Gasteiger partial charge is 0.362 e. The van der Waals surface area contributed by atoms with Crippen molar-refractivity contribution in [3.05, 3.63) is 70.1 Å². The zero-order valence-electron chi connectivity index (χ0n) is 15.2. The van der Waals surface area contributed by atoms with Crippen molar-refractivity contribution in [2.24, 2.45) is 0 Å². The molecule has 5 heteroatoms. The summed E-state index contributed by atoms with van der Waals surface area (Å²) in [5, 5.41) is 7.06. The summed E-state index contributed by atoms with van der Waals surface area (Å²) < 4.78 is 5.45. The number of hydrogen-bond acceptors (Lipinski definition) is 4. The molecule has 2 aromatic carbocycles. The number of carbonyl (C=O) groups excluding carboxylic acids is 1. The SMILES string of the molecule is Cc1cccc(C(=O)Nc2c(NC3CCCC3)c3ccccc3oc2=O)c1. The van der Waals surface area contributed by atoms with E-state index < -0.39 is 5.63 Å². The minimum absolute atomic E-state index is 0.173. The maximum Gasteiger partial charge on any atom is 0.362 e. The van der Waals surface area contributed by atoms with Gasteiger partial charge in [-0.25, -0.2) is 4.79 Å². The highest BCUT2D eigenvalue weighted by Crippen LogP contribution is 2.32. The Balaban J connectivity index is 1.77. The molecule has 1 amide bonds. The molecular formula is C22H22N2O3. The number of benzene rings is 2. The first-order chi connectivity index (χ1) is 13.1. The van der Waals surface area contributed by atoms with E-state index in [-0.39, 0.29) is 11.6 Å². The fourth-order valence-electron chi connectivity index (χ4n) is 3.66. The Morgan fingerprint density at radius 2 is 1.81 bits per heavy atom. The maximum absolute atomic E-state index is 12.7. The molecule has 4 rings (SSSR count). The molecule has 0 atom stereocenters. The molecule has 1 heterocycles. The van der Waals surface area contributed by atoms with Gasteiger partial charge in [-0.15, -0.1) is 0 Å². The summed E-state index contributed by atoms with van der Waals surface area (Å²) in [5.74, 6) is -0.323. The Morgan fingerprint density at radius 1 is 1.04 bits per heavy atom. The molecule has 0 unspecified atom stereocenters. The van der Waals surface area contributed by atoms with Crippen LogP contribution < -0.4 is 16.3 Å². The number of nitrogens with one attached hydrogen (secondary N) is 2. The number of fused-ring (bicyclic) bond motifs is 1. The van der Waals surface area contributed by atoms with E-state index in [9.17, 15) is 9.59 Å². The van der Waals surface area contributed by atoms with Crippen LogP contribution in [0, 0.1) is 6.92 Å². The standard InChI is InChI=1S/C22H22N2O3/c1-14-7-6-8-15(13-14)21(25)24-20-19(23-16-9-2-3-10-16)17-11-4-5-12-18(17)27-22(20)26/h4-8,11-13,16,23H,2-3,9-10H2,1H3,(H,24,25). The largest absolute Gasteiger partial charge is 0.421 e. The molecule has 0 spiro atoms. The second-order valence-electron chi connectivity index (χ2n) is 7.09. The third kappa shape index (κ3) is 3.58. The van der Waals surface area contributed by atoms with E-state index in [0.29, 0.717) is 22.9 Å². The summed E-state index contributed by atoms with van der Waals surface area (Å²) in [6.07, 6.45) is 4.45. The van der Waals surface area contributed by atoms with Crippen LogP contribution in [0.2, 0.25) is 0 Å². The third-order valence-corrected chi connectivity index (χ3v) is 5.04. The van der Waals surface area contributed by atoms with Crippen molar-refractivity contribution in [1.29, 1.82) is 0 Å². The number of rotatable bonds is 4. The quantitative estimate of drug-likeness (QED) is 0.660. The van der Waals surface area contributed by atoms with Gasteiger partial charge in [0.2, 0.25) is 0 Å². The molecule has 1 aliphatic carbocycles. The average Bonchev–Trinajstić information content (AvgIpc) is 3.17. The number of carbonyl (C=O) groups is 1. The summed E-state index contributed by atoms with van der Waals surface area (Å²) >= 11 is 0. The minimum Gasteiger partial charge on any atom is -0.421 e. The lowest BCUT2D eigenvalue weighted by Gasteiger charge is -2.18. The Hall–Kier alpha value is -3.08. The van der Waals surface area contributed by atoms with E-state index in [2.05, 4.69) is 10.6 Å². The van der Waals surface area contributed by atoms with E-state index in [1.165, 1.54) is 12.8 Å². The first-order valence-corrected chi connectivity index (χ1v) is 9.32. The molecule has 0 bridgehead atoms. The minimum atomic E-state index is -0.546. The van der Waals surface area contributed by atoms with Crippen molar-refractivity contribution in [3.8, 4) is 0 Å². The van der Waals surface area contributed by atoms with Crippen LogP contribution in [0.3, 0.4) is 0 Å². The monoisotopic (exact) mass is 362 g/mol. The van der Waals surface area contributed by atoms with Gasteiger partial charge in [-0.1, -0.05) is 42.7 Å². The highest BCUT2D eigenvalue weighted by atomic mass is 16.4. The lowest BCUT2D eigenvalue weighted by atomic mass is 10.1. The van der Waals surface area contributed by atoms with Crippen LogP contribution in [-0.4, -0.2) is 11.9 Å². The van der Waals surface area contributed by atoms with Crippen molar-refractivity contribution in [2.45, 2.75) is 38.6 Å². The fraction of sp³-hybridized carbons (Fsp3) is 0.273. The Bertz CT molecular complexity index is 1050. The second kappa shape index (κ2) is 7.27. The van der Waals surface area contributed by atoms with Gasteiger partial charge < -0.3 is 15.1 Å². The predicted octanol–water partition coefficient (Wildman–Crippen LogP) is 4.71.